The second kappa shape index (κ2) is 7.32. The van der Waals surface area contributed by atoms with Crippen molar-refractivity contribution >= 4 is 23.4 Å². The molecular weight excluding hydrogens is 316 g/mol. The Hall–Kier alpha value is -1.59. The molecule has 0 saturated heterocycles. The average molecular weight is 339 g/mol. The Balaban J connectivity index is 1.95. The lowest BCUT2D eigenvalue weighted by Crippen LogP contribution is -2.54. The van der Waals surface area contributed by atoms with Gasteiger partial charge in [-0.3, -0.25) is 9.59 Å². The van der Waals surface area contributed by atoms with Gasteiger partial charge < -0.3 is 15.7 Å². The predicted octanol–water partition coefficient (Wildman–Crippen LogP) is 2.13. The second-order valence-corrected chi connectivity index (χ2v) is 6.93. The first-order valence-electron chi connectivity index (χ1n) is 7.87. The van der Waals surface area contributed by atoms with Gasteiger partial charge in [0, 0.05) is 17.1 Å². The maximum Gasteiger partial charge on any atom is 0.251 e. The Morgan fingerprint density at radius 3 is 2.35 bits per heavy atom. The summed E-state index contributed by atoms with van der Waals surface area (Å²) < 4.78 is 0. The van der Waals surface area contributed by atoms with Crippen LogP contribution in [0.1, 0.15) is 43.5 Å². The van der Waals surface area contributed by atoms with Crippen molar-refractivity contribution in [2.24, 2.45) is 5.92 Å². The lowest BCUT2D eigenvalue weighted by atomic mass is 9.80. The maximum atomic E-state index is 12.3. The van der Waals surface area contributed by atoms with E-state index in [0.717, 1.165) is 6.42 Å². The largest absolute Gasteiger partial charge is 0.388 e. The molecule has 1 aliphatic rings. The fourth-order valence-corrected chi connectivity index (χ4v) is 2.61. The molecule has 1 unspecified atom stereocenters. The molecule has 0 heterocycles. The van der Waals surface area contributed by atoms with E-state index in [0.29, 0.717) is 23.4 Å². The number of nitrogens with one attached hydrogen (secondary N) is 2. The molecule has 5 nitrogen and oxygen atoms in total. The van der Waals surface area contributed by atoms with Gasteiger partial charge in [0.2, 0.25) is 5.91 Å². The van der Waals surface area contributed by atoms with Crippen LogP contribution in [0.15, 0.2) is 24.3 Å². The molecule has 3 N–H and O–H groups in total. The maximum absolute atomic E-state index is 12.3. The number of hydrogen-bond acceptors (Lipinski definition) is 3. The number of amides is 2. The van der Waals surface area contributed by atoms with Gasteiger partial charge in [-0.05, 0) is 49.4 Å². The number of aliphatic hydroxyl groups is 1. The summed E-state index contributed by atoms with van der Waals surface area (Å²) >= 11 is 5.81. The van der Waals surface area contributed by atoms with E-state index >= 15 is 0 Å². The smallest absolute Gasteiger partial charge is 0.251 e. The normalized spacial score (nSPS) is 17.3. The highest BCUT2D eigenvalue weighted by Crippen LogP contribution is 2.30. The fraction of sp³-hybridized carbons (Fsp3) is 0.529. The molecule has 6 heteroatoms. The SMILES string of the molecule is CC(C)C(NC(=O)c1ccc(Cl)cc1)C(=O)NCC1(O)CCC1. The number of benzene rings is 1. The minimum Gasteiger partial charge on any atom is -0.388 e. The number of carbonyl (C=O) groups excluding carboxylic acids is 2. The molecule has 0 aliphatic heterocycles. The van der Waals surface area contributed by atoms with Crippen molar-refractivity contribution < 1.29 is 14.7 Å². The monoisotopic (exact) mass is 338 g/mol. The van der Waals surface area contributed by atoms with Crippen molar-refractivity contribution in [3.8, 4) is 0 Å². The van der Waals surface area contributed by atoms with Crippen LogP contribution in [0.4, 0.5) is 0 Å². The van der Waals surface area contributed by atoms with Crippen molar-refractivity contribution in [2.75, 3.05) is 6.54 Å². The van der Waals surface area contributed by atoms with Gasteiger partial charge in [0.15, 0.2) is 0 Å². The first-order valence-corrected chi connectivity index (χ1v) is 8.25. The number of carbonyl (C=O) groups is 2. The number of hydrogen-bond donors (Lipinski definition) is 3. The van der Waals surface area contributed by atoms with Gasteiger partial charge in [0.05, 0.1) is 5.60 Å². The van der Waals surface area contributed by atoms with E-state index in [1.807, 2.05) is 13.8 Å². The summed E-state index contributed by atoms with van der Waals surface area (Å²) in [6, 6.07) is 5.84. The molecule has 0 radical (unpaired) electrons. The van der Waals surface area contributed by atoms with E-state index < -0.39 is 11.6 Å². The first kappa shape index (κ1) is 17.8. The number of halogens is 1. The quantitative estimate of drug-likeness (QED) is 0.743. The molecule has 1 aromatic rings. The van der Waals surface area contributed by atoms with Crippen LogP contribution in [0.25, 0.3) is 0 Å². The summed E-state index contributed by atoms with van der Waals surface area (Å²) in [7, 11) is 0. The van der Waals surface area contributed by atoms with Crippen molar-refractivity contribution in [3.63, 3.8) is 0 Å². The lowest BCUT2D eigenvalue weighted by Gasteiger charge is -2.37. The molecule has 1 fully saturated rings. The summed E-state index contributed by atoms with van der Waals surface area (Å²) in [5.74, 6) is -0.664. The van der Waals surface area contributed by atoms with Crippen LogP contribution < -0.4 is 10.6 Å². The Labute approximate surface area is 141 Å². The Bertz CT molecular complexity index is 568. The zero-order chi connectivity index (χ0) is 17.0. The molecular formula is C17H23ClN2O3. The van der Waals surface area contributed by atoms with E-state index in [2.05, 4.69) is 10.6 Å². The predicted molar refractivity (Wildman–Crippen MR) is 89.4 cm³/mol. The van der Waals surface area contributed by atoms with Gasteiger partial charge in [-0.25, -0.2) is 0 Å². The molecule has 1 atom stereocenters. The van der Waals surface area contributed by atoms with Crippen molar-refractivity contribution in [2.45, 2.75) is 44.8 Å². The Morgan fingerprint density at radius 1 is 1.26 bits per heavy atom. The van der Waals surface area contributed by atoms with Gasteiger partial charge in [0.25, 0.3) is 5.91 Å². The van der Waals surface area contributed by atoms with Crippen LogP contribution in [-0.2, 0) is 4.79 Å². The average Bonchev–Trinajstić information content (AvgIpc) is 2.48. The van der Waals surface area contributed by atoms with Crippen LogP contribution in [0.5, 0.6) is 0 Å². The lowest BCUT2D eigenvalue weighted by molar-refractivity contribution is -0.126. The van der Waals surface area contributed by atoms with Crippen LogP contribution in [0.2, 0.25) is 5.02 Å². The van der Waals surface area contributed by atoms with Gasteiger partial charge in [-0.2, -0.15) is 0 Å². The van der Waals surface area contributed by atoms with Crippen molar-refractivity contribution in [3.05, 3.63) is 34.9 Å². The number of rotatable bonds is 6. The molecule has 2 amide bonds. The van der Waals surface area contributed by atoms with Crippen LogP contribution in [0, 0.1) is 5.92 Å². The van der Waals surface area contributed by atoms with Gasteiger partial charge in [0.1, 0.15) is 6.04 Å². The highest BCUT2D eigenvalue weighted by atomic mass is 35.5. The summed E-state index contributed by atoms with van der Waals surface area (Å²) in [6.07, 6.45) is 2.39. The molecule has 0 spiro atoms. The second-order valence-electron chi connectivity index (χ2n) is 6.50. The summed E-state index contributed by atoms with van der Waals surface area (Å²) in [5.41, 5.74) is -0.331. The third kappa shape index (κ3) is 4.69. The van der Waals surface area contributed by atoms with E-state index in [4.69, 9.17) is 11.6 Å². The van der Waals surface area contributed by atoms with Gasteiger partial charge in [-0.1, -0.05) is 25.4 Å². The fourth-order valence-electron chi connectivity index (χ4n) is 2.48. The van der Waals surface area contributed by atoms with Gasteiger partial charge >= 0.3 is 0 Å². The van der Waals surface area contributed by atoms with E-state index in [1.165, 1.54) is 0 Å². The van der Waals surface area contributed by atoms with Crippen LogP contribution in [0.3, 0.4) is 0 Å². The Morgan fingerprint density at radius 2 is 1.87 bits per heavy atom. The van der Waals surface area contributed by atoms with E-state index in [9.17, 15) is 14.7 Å². The molecule has 1 saturated carbocycles. The summed E-state index contributed by atoms with van der Waals surface area (Å²) in [5, 5.41) is 16.1. The third-order valence-corrected chi connectivity index (χ3v) is 4.47. The molecule has 126 valence electrons. The van der Waals surface area contributed by atoms with E-state index in [1.54, 1.807) is 24.3 Å². The van der Waals surface area contributed by atoms with Crippen LogP contribution >= 0.6 is 11.6 Å². The van der Waals surface area contributed by atoms with Gasteiger partial charge in [-0.15, -0.1) is 0 Å². The van der Waals surface area contributed by atoms with Crippen molar-refractivity contribution in [1.82, 2.24) is 10.6 Å². The summed E-state index contributed by atoms with van der Waals surface area (Å²) in [4.78, 5) is 24.6. The topological polar surface area (TPSA) is 78.4 Å². The van der Waals surface area contributed by atoms with E-state index in [-0.39, 0.29) is 24.3 Å². The molecule has 0 aromatic heterocycles. The highest BCUT2D eigenvalue weighted by Gasteiger charge is 2.35. The minimum absolute atomic E-state index is 0.0673. The zero-order valence-corrected chi connectivity index (χ0v) is 14.2. The Kier molecular flexibility index (Phi) is 5.65. The molecule has 1 aromatic carbocycles. The molecule has 2 rings (SSSR count). The molecule has 1 aliphatic carbocycles. The molecule has 23 heavy (non-hydrogen) atoms. The zero-order valence-electron chi connectivity index (χ0n) is 13.4. The first-order chi connectivity index (χ1) is 10.8. The highest BCUT2D eigenvalue weighted by molar-refractivity contribution is 6.30. The minimum atomic E-state index is -0.780. The van der Waals surface area contributed by atoms with Crippen molar-refractivity contribution in [1.29, 1.82) is 0 Å². The standard InChI is InChI=1S/C17H23ClN2O3/c1-11(2)14(16(22)19-10-17(23)8-3-9-17)20-15(21)12-4-6-13(18)7-5-12/h4-7,11,14,23H,3,8-10H2,1-2H3,(H,19,22)(H,20,21). The molecule has 0 bridgehead atoms. The third-order valence-electron chi connectivity index (χ3n) is 4.22. The van der Waals surface area contributed by atoms with Crippen LogP contribution in [-0.4, -0.2) is 35.1 Å². The summed E-state index contributed by atoms with van der Waals surface area (Å²) in [6.45, 7) is 3.96.